The summed E-state index contributed by atoms with van der Waals surface area (Å²) in [5, 5.41) is 35.1. The summed E-state index contributed by atoms with van der Waals surface area (Å²) in [5.41, 5.74) is 7.20. The number of phenolic OH excluding ortho intramolecular Hbond substituents is 2. The molecule has 34 heavy (non-hydrogen) atoms. The minimum Gasteiger partial charge on any atom is -0.508 e. The maximum absolute atomic E-state index is 12.3. The summed E-state index contributed by atoms with van der Waals surface area (Å²) in [4.78, 5) is 48.1. The fourth-order valence-electron chi connectivity index (χ4n) is 3.00. The van der Waals surface area contributed by atoms with E-state index in [4.69, 9.17) is 5.73 Å². The average molecular weight is 472 g/mol. The summed E-state index contributed by atoms with van der Waals surface area (Å²) in [5.74, 6) is -3.07. The number of hydrogen-bond donors (Lipinski definition) is 7. The number of nitrogens with one attached hydrogen (secondary N) is 3. The second-order valence-electron chi connectivity index (χ2n) is 7.75. The molecule has 3 unspecified atom stereocenters. The Kier molecular flexibility index (Phi) is 9.38. The molecule has 3 atom stereocenters. The van der Waals surface area contributed by atoms with E-state index in [-0.39, 0.29) is 24.3 Å². The largest absolute Gasteiger partial charge is 0.508 e. The van der Waals surface area contributed by atoms with Crippen LogP contribution in [0.1, 0.15) is 18.1 Å². The number of benzene rings is 2. The zero-order valence-corrected chi connectivity index (χ0v) is 18.5. The molecule has 0 aliphatic heterocycles. The molecule has 8 N–H and O–H groups in total. The van der Waals surface area contributed by atoms with E-state index in [2.05, 4.69) is 16.0 Å². The van der Waals surface area contributed by atoms with Crippen LogP contribution in [0.2, 0.25) is 0 Å². The summed E-state index contributed by atoms with van der Waals surface area (Å²) in [6, 6.07) is 8.94. The third-order valence-corrected chi connectivity index (χ3v) is 4.91. The number of rotatable bonds is 11. The van der Waals surface area contributed by atoms with Crippen LogP contribution in [0.15, 0.2) is 48.5 Å². The van der Waals surface area contributed by atoms with Crippen LogP contribution in [0, 0.1) is 0 Å². The molecule has 11 nitrogen and oxygen atoms in total. The van der Waals surface area contributed by atoms with E-state index in [0.29, 0.717) is 5.56 Å². The van der Waals surface area contributed by atoms with Crippen molar-refractivity contribution >= 4 is 23.7 Å². The Hall–Kier alpha value is -4.12. The number of carboxylic acids is 1. The topological polar surface area (TPSA) is 191 Å². The summed E-state index contributed by atoms with van der Waals surface area (Å²) < 4.78 is 0. The van der Waals surface area contributed by atoms with Gasteiger partial charge in [0.2, 0.25) is 17.7 Å². The third-order valence-electron chi connectivity index (χ3n) is 4.91. The molecule has 0 aliphatic carbocycles. The normalized spacial score (nSPS) is 13.2. The van der Waals surface area contributed by atoms with Gasteiger partial charge in [-0.15, -0.1) is 0 Å². The van der Waals surface area contributed by atoms with Gasteiger partial charge in [0.1, 0.15) is 23.6 Å². The fourth-order valence-corrected chi connectivity index (χ4v) is 3.00. The summed E-state index contributed by atoms with van der Waals surface area (Å²) in [6.45, 7) is 0.932. The molecule has 0 aliphatic rings. The molecule has 0 bridgehead atoms. The van der Waals surface area contributed by atoms with Gasteiger partial charge in [0.05, 0.1) is 12.6 Å². The van der Waals surface area contributed by atoms with Gasteiger partial charge in [0, 0.05) is 6.42 Å². The number of carboxylic acid groups (broad SMARTS) is 1. The number of aliphatic carboxylic acids is 1. The molecule has 2 rings (SSSR count). The molecule has 0 saturated carbocycles. The Bertz CT molecular complexity index is 1010. The molecule has 3 amide bonds. The van der Waals surface area contributed by atoms with Crippen molar-refractivity contribution in [2.75, 3.05) is 6.54 Å². The number of aromatic hydroxyl groups is 2. The molecule has 182 valence electrons. The minimum atomic E-state index is -1.25. The highest BCUT2D eigenvalue weighted by Crippen LogP contribution is 2.12. The van der Waals surface area contributed by atoms with Gasteiger partial charge in [-0.1, -0.05) is 24.3 Å². The lowest BCUT2D eigenvalue weighted by molar-refractivity contribution is -0.141. The number of hydrogen-bond acceptors (Lipinski definition) is 7. The molecule has 0 fully saturated rings. The monoisotopic (exact) mass is 472 g/mol. The first kappa shape index (κ1) is 26.1. The highest BCUT2D eigenvalue weighted by molar-refractivity contribution is 5.92. The first-order valence-corrected chi connectivity index (χ1v) is 10.5. The van der Waals surface area contributed by atoms with Crippen LogP contribution in [-0.4, -0.2) is 63.7 Å². The van der Waals surface area contributed by atoms with E-state index in [1.54, 1.807) is 12.1 Å². The van der Waals surface area contributed by atoms with Crippen molar-refractivity contribution in [3.63, 3.8) is 0 Å². The van der Waals surface area contributed by atoms with Crippen LogP contribution < -0.4 is 21.7 Å². The molecular weight excluding hydrogens is 444 g/mol. The standard InChI is InChI=1S/C23H28N4O7/c1-13(26-22(32)18(24)10-14-2-6-16(28)7-3-14)21(31)25-12-20(30)27-19(23(33)34)11-15-4-8-17(29)9-5-15/h2-9,13,18-19,28-29H,10-12,24H2,1H3,(H,25,31)(H,26,32)(H,27,30)(H,33,34). The second kappa shape index (κ2) is 12.2. The van der Waals surface area contributed by atoms with Crippen molar-refractivity contribution in [2.24, 2.45) is 5.73 Å². The Morgan fingerprint density at radius 2 is 1.32 bits per heavy atom. The molecule has 2 aromatic rings. The predicted molar refractivity (Wildman–Crippen MR) is 122 cm³/mol. The molecule has 0 aromatic heterocycles. The van der Waals surface area contributed by atoms with Crippen molar-refractivity contribution in [3.8, 4) is 11.5 Å². The SMILES string of the molecule is CC(NC(=O)C(N)Cc1ccc(O)cc1)C(=O)NCC(=O)NC(Cc1ccc(O)cc1)C(=O)O. The van der Waals surface area contributed by atoms with Gasteiger partial charge in [-0.05, 0) is 48.7 Å². The number of amides is 3. The smallest absolute Gasteiger partial charge is 0.326 e. The van der Waals surface area contributed by atoms with Gasteiger partial charge in [-0.25, -0.2) is 4.79 Å². The van der Waals surface area contributed by atoms with Crippen molar-refractivity contribution in [2.45, 2.75) is 37.9 Å². The maximum atomic E-state index is 12.3. The zero-order chi connectivity index (χ0) is 25.3. The quantitative estimate of drug-likeness (QED) is 0.225. The molecule has 0 radical (unpaired) electrons. The summed E-state index contributed by atoms with van der Waals surface area (Å²) in [6.07, 6.45) is 0.182. The van der Waals surface area contributed by atoms with E-state index in [0.717, 1.165) is 5.56 Å². The Morgan fingerprint density at radius 3 is 1.82 bits per heavy atom. The number of carbonyl (C=O) groups excluding carboxylic acids is 3. The highest BCUT2D eigenvalue weighted by atomic mass is 16.4. The molecule has 11 heteroatoms. The van der Waals surface area contributed by atoms with Crippen LogP contribution in [0.25, 0.3) is 0 Å². The second-order valence-corrected chi connectivity index (χ2v) is 7.75. The lowest BCUT2D eigenvalue weighted by atomic mass is 10.1. The molecular formula is C23H28N4O7. The number of phenols is 2. The van der Waals surface area contributed by atoms with Gasteiger partial charge in [-0.2, -0.15) is 0 Å². The first-order valence-electron chi connectivity index (χ1n) is 10.5. The highest BCUT2D eigenvalue weighted by Gasteiger charge is 2.23. The molecule has 2 aromatic carbocycles. The zero-order valence-electron chi connectivity index (χ0n) is 18.5. The van der Waals surface area contributed by atoms with Crippen molar-refractivity contribution in [1.82, 2.24) is 16.0 Å². The van der Waals surface area contributed by atoms with Crippen molar-refractivity contribution in [1.29, 1.82) is 0 Å². The Morgan fingerprint density at radius 1 is 0.824 bits per heavy atom. The lowest BCUT2D eigenvalue weighted by Crippen LogP contribution is -2.52. The lowest BCUT2D eigenvalue weighted by Gasteiger charge is -2.18. The van der Waals surface area contributed by atoms with Gasteiger partial charge in [-0.3, -0.25) is 14.4 Å². The predicted octanol–water partition coefficient (Wildman–Crippen LogP) is -0.599. The van der Waals surface area contributed by atoms with Crippen LogP contribution in [0.4, 0.5) is 0 Å². The van der Waals surface area contributed by atoms with E-state index in [9.17, 15) is 34.5 Å². The van der Waals surface area contributed by atoms with E-state index < -0.39 is 48.4 Å². The molecule has 0 spiro atoms. The Labute approximate surface area is 196 Å². The van der Waals surface area contributed by atoms with E-state index in [1.807, 2.05) is 0 Å². The van der Waals surface area contributed by atoms with Gasteiger partial charge < -0.3 is 37.0 Å². The maximum Gasteiger partial charge on any atom is 0.326 e. The van der Waals surface area contributed by atoms with Crippen LogP contribution in [0.5, 0.6) is 11.5 Å². The first-order chi connectivity index (χ1) is 16.0. The Balaban J connectivity index is 1.79. The van der Waals surface area contributed by atoms with Crippen molar-refractivity contribution in [3.05, 3.63) is 59.7 Å². The van der Waals surface area contributed by atoms with Crippen LogP contribution in [-0.2, 0) is 32.0 Å². The molecule has 0 saturated heterocycles. The minimum absolute atomic E-state index is 0.0132. The van der Waals surface area contributed by atoms with Crippen molar-refractivity contribution < 1.29 is 34.5 Å². The van der Waals surface area contributed by atoms with Crippen LogP contribution in [0.3, 0.4) is 0 Å². The third kappa shape index (κ3) is 8.43. The van der Waals surface area contributed by atoms with E-state index >= 15 is 0 Å². The van der Waals surface area contributed by atoms with Gasteiger partial charge >= 0.3 is 5.97 Å². The number of carbonyl (C=O) groups is 4. The average Bonchev–Trinajstić information content (AvgIpc) is 2.79. The van der Waals surface area contributed by atoms with Gasteiger partial charge in [0.15, 0.2) is 0 Å². The fraction of sp³-hybridized carbons (Fsp3) is 0.304. The van der Waals surface area contributed by atoms with E-state index in [1.165, 1.54) is 43.3 Å². The summed E-state index contributed by atoms with van der Waals surface area (Å²) >= 11 is 0. The van der Waals surface area contributed by atoms with Crippen LogP contribution >= 0.6 is 0 Å². The van der Waals surface area contributed by atoms with Gasteiger partial charge in [0.25, 0.3) is 0 Å². The molecule has 0 heterocycles. The number of nitrogens with two attached hydrogens (primary N) is 1. The summed E-state index contributed by atoms with van der Waals surface area (Å²) in [7, 11) is 0.